The summed E-state index contributed by atoms with van der Waals surface area (Å²) in [7, 11) is 1.67. The molecule has 2 N–H and O–H groups in total. The van der Waals surface area contributed by atoms with E-state index in [1.165, 1.54) is 0 Å². The second-order valence-electron chi connectivity index (χ2n) is 6.23. The van der Waals surface area contributed by atoms with Gasteiger partial charge in [0.1, 0.15) is 5.82 Å². The summed E-state index contributed by atoms with van der Waals surface area (Å²) in [5.74, 6) is 2.48. The number of halogens is 4. The second-order valence-corrected chi connectivity index (χ2v) is 7.18. The molecule has 156 valence electrons. The summed E-state index contributed by atoms with van der Waals surface area (Å²) in [5, 5.41) is 12.5. The molecule has 0 spiro atoms. The predicted octanol–water partition coefficient (Wildman–Crippen LogP) is 2.66. The highest BCUT2D eigenvalue weighted by Gasteiger charge is 2.33. The van der Waals surface area contributed by atoms with Gasteiger partial charge in [-0.25, -0.2) is 14.6 Å². The van der Waals surface area contributed by atoms with E-state index in [0.29, 0.717) is 30.5 Å². The van der Waals surface area contributed by atoms with Crippen molar-refractivity contribution < 1.29 is 13.2 Å². The van der Waals surface area contributed by atoms with Gasteiger partial charge >= 0.3 is 6.18 Å². The smallest absolute Gasteiger partial charge is 0.356 e. The maximum Gasteiger partial charge on any atom is 0.434 e. The van der Waals surface area contributed by atoms with Crippen LogP contribution in [0, 0.1) is 0 Å². The third kappa shape index (κ3) is 5.78. The molecule has 2 aromatic rings. The van der Waals surface area contributed by atoms with Crippen LogP contribution >= 0.6 is 35.3 Å². The van der Waals surface area contributed by atoms with Crippen LogP contribution in [0.3, 0.4) is 0 Å². The van der Waals surface area contributed by atoms with Crippen molar-refractivity contribution in [2.75, 3.05) is 13.6 Å². The Morgan fingerprint density at radius 1 is 1.39 bits per heavy atom. The molecule has 0 amide bonds. The van der Waals surface area contributed by atoms with Crippen LogP contribution in [-0.4, -0.2) is 45.3 Å². The minimum absolute atomic E-state index is 0. The zero-order valence-electron chi connectivity index (χ0n) is 15.6. The predicted molar refractivity (Wildman–Crippen MR) is 112 cm³/mol. The van der Waals surface area contributed by atoms with Crippen LogP contribution in [0.5, 0.6) is 0 Å². The molecule has 7 nitrogen and oxygen atoms in total. The van der Waals surface area contributed by atoms with Crippen molar-refractivity contribution in [3.63, 3.8) is 0 Å². The summed E-state index contributed by atoms with van der Waals surface area (Å²) in [6, 6.07) is 0.173. The first kappa shape index (κ1) is 22.8. The SMILES string of the molecule is CCc1nc2n(n1)CC(NC(=NC)NCCc1nc(C(F)(F)F)cs1)CC2.I. The summed E-state index contributed by atoms with van der Waals surface area (Å²) >= 11 is 1.02. The summed E-state index contributed by atoms with van der Waals surface area (Å²) in [6.45, 7) is 3.19. The lowest BCUT2D eigenvalue weighted by Gasteiger charge is -2.25. The third-order valence-electron chi connectivity index (χ3n) is 4.26. The molecule has 12 heteroatoms. The van der Waals surface area contributed by atoms with Crippen LogP contribution in [0.4, 0.5) is 13.2 Å². The average Bonchev–Trinajstić information content (AvgIpc) is 3.26. The van der Waals surface area contributed by atoms with Crippen molar-refractivity contribution in [2.24, 2.45) is 4.99 Å². The van der Waals surface area contributed by atoms with Gasteiger partial charge in [0.15, 0.2) is 17.5 Å². The monoisotopic (exact) mass is 529 g/mol. The van der Waals surface area contributed by atoms with Crippen LogP contribution in [-0.2, 0) is 32.0 Å². The van der Waals surface area contributed by atoms with E-state index in [2.05, 4.69) is 30.7 Å². The molecule has 0 fully saturated rings. The largest absolute Gasteiger partial charge is 0.434 e. The number of hydrogen-bond donors (Lipinski definition) is 2. The molecular weight excluding hydrogens is 506 g/mol. The van der Waals surface area contributed by atoms with Gasteiger partial charge < -0.3 is 10.6 Å². The molecule has 2 aromatic heterocycles. The van der Waals surface area contributed by atoms with Crippen molar-refractivity contribution in [3.8, 4) is 0 Å². The zero-order valence-corrected chi connectivity index (χ0v) is 18.7. The van der Waals surface area contributed by atoms with Crippen LogP contribution in [0.15, 0.2) is 10.4 Å². The van der Waals surface area contributed by atoms with Crippen molar-refractivity contribution in [1.29, 1.82) is 0 Å². The first-order valence-electron chi connectivity index (χ1n) is 8.80. The highest BCUT2D eigenvalue weighted by molar-refractivity contribution is 14.0. The molecule has 0 saturated heterocycles. The first-order valence-corrected chi connectivity index (χ1v) is 9.68. The molecule has 0 aromatic carbocycles. The Hall–Kier alpha value is -1.44. The number of nitrogens with one attached hydrogen (secondary N) is 2. The van der Waals surface area contributed by atoms with Crippen LogP contribution in [0.2, 0.25) is 0 Å². The topological polar surface area (TPSA) is 80.0 Å². The maximum atomic E-state index is 12.6. The molecule has 0 radical (unpaired) electrons. The summed E-state index contributed by atoms with van der Waals surface area (Å²) in [5.41, 5.74) is -0.831. The number of aryl methyl sites for hydroxylation is 2. The molecule has 1 unspecified atom stereocenters. The molecule has 1 atom stereocenters. The third-order valence-corrected chi connectivity index (χ3v) is 5.16. The van der Waals surface area contributed by atoms with Crippen molar-refractivity contribution in [3.05, 3.63) is 27.7 Å². The maximum absolute atomic E-state index is 12.6. The Labute approximate surface area is 182 Å². The van der Waals surface area contributed by atoms with Gasteiger partial charge in [0, 0.05) is 44.3 Å². The van der Waals surface area contributed by atoms with E-state index in [1.54, 1.807) is 7.05 Å². The molecule has 3 heterocycles. The molecule has 28 heavy (non-hydrogen) atoms. The first-order chi connectivity index (χ1) is 12.9. The minimum atomic E-state index is -4.39. The lowest BCUT2D eigenvalue weighted by molar-refractivity contribution is -0.140. The normalized spacial score (nSPS) is 17.0. The molecule has 3 rings (SSSR count). The summed E-state index contributed by atoms with van der Waals surface area (Å²) in [4.78, 5) is 12.3. The lowest BCUT2D eigenvalue weighted by atomic mass is 10.1. The fraction of sp³-hybridized carbons (Fsp3) is 0.625. The summed E-state index contributed by atoms with van der Waals surface area (Å²) in [6.07, 6.45) is -1.41. The molecule has 0 bridgehead atoms. The molecule has 0 aliphatic carbocycles. The molecule has 1 aliphatic rings. The number of fused-ring (bicyclic) bond motifs is 1. The van der Waals surface area contributed by atoms with Gasteiger partial charge in [-0.15, -0.1) is 35.3 Å². The molecule has 1 aliphatic heterocycles. The van der Waals surface area contributed by atoms with E-state index < -0.39 is 11.9 Å². The van der Waals surface area contributed by atoms with E-state index in [4.69, 9.17) is 0 Å². The Morgan fingerprint density at radius 3 is 2.82 bits per heavy atom. The standard InChI is InChI=1S/C16H22F3N7S.HI/c1-3-12-24-13-5-4-10(8-26(13)25-12)22-15(20-2)21-7-6-14-23-11(9-27-14)16(17,18)19;/h9-10H,3-8H2,1-2H3,(H2,20,21,22);1H. The van der Waals surface area contributed by atoms with Gasteiger partial charge in [0.05, 0.1) is 11.6 Å². The number of aromatic nitrogens is 4. The van der Waals surface area contributed by atoms with Crippen LogP contribution < -0.4 is 10.6 Å². The number of aliphatic imine (C=N–C) groups is 1. The Balaban J connectivity index is 0.00000280. The van der Waals surface area contributed by atoms with Gasteiger partial charge in [-0.3, -0.25) is 4.99 Å². The molecular formula is C16H23F3IN7S. The number of rotatable bonds is 5. The number of hydrogen-bond acceptors (Lipinski definition) is 5. The highest BCUT2D eigenvalue weighted by atomic mass is 127. The Bertz CT molecular complexity index is 803. The minimum Gasteiger partial charge on any atom is -0.356 e. The average molecular weight is 529 g/mol. The van der Waals surface area contributed by atoms with Crippen molar-refractivity contribution in [1.82, 2.24) is 30.4 Å². The van der Waals surface area contributed by atoms with E-state index >= 15 is 0 Å². The van der Waals surface area contributed by atoms with Gasteiger partial charge in [0.25, 0.3) is 0 Å². The fourth-order valence-electron chi connectivity index (χ4n) is 2.86. The zero-order chi connectivity index (χ0) is 19.4. The Morgan fingerprint density at radius 2 is 2.18 bits per heavy atom. The van der Waals surface area contributed by atoms with Gasteiger partial charge in [-0.05, 0) is 6.42 Å². The van der Waals surface area contributed by atoms with Crippen LogP contribution in [0.1, 0.15) is 35.7 Å². The van der Waals surface area contributed by atoms with Crippen LogP contribution in [0.25, 0.3) is 0 Å². The van der Waals surface area contributed by atoms with Crippen molar-refractivity contribution >= 4 is 41.3 Å². The van der Waals surface area contributed by atoms with E-state index in [9.17, 15) is 13.2 Å². The Kier molecular flexibility index (Phi) is 8.04. The van der Waals surface area contributed by atoms with Crippen molar-refractivity contribution in [2.45, 2.75) is 51.4 Å². The number of guanidine groups is 1. The molecule has 0 saturated carbocycles. The van der Waals surface area contributed by atoms with E-state index in [1.807, 2.05) is 11.6 Å². The lowest BCUT2D eigenvalue weighted by Crippen LogP contribution is -2.47. The van der Waals surface area contributed by atoms with E-state index in [-0.39, 0.29) is 30.0 Å². The number of alkyl halides is 3. The fourth-order valence-corrected chi connectivity index (χ4v) is 3.66. The summed E-state index contributed by atoms with van der Waals surface area (Å²) < 4.78 is 39.7. The van der Waals surface area contributed by atoms with Gasteiger partial charge in [-0.2, -0.15) is 18.3 Å². The van der Waals surface area contributed by atoms with Gasteiger partial charge in [0.2, 0.25) is 0 Å². The van der Waals surface area contributed by atoms with E-state index in [0.717, 1.165) is 47.6 Å². The number of thiazole rings is 1. The quantitative estimate of drug-likeness (QED) is 0.354. The number of nitrogens with zero attached hydrogens (tertiary/aromatic N) is 5. The second kappa shape index (κ2) is 9.85. The highest BCUT2D eigenvalue weighted by Crippen LogP contribution is 2.30. The van der Waals surface area contributed by atoms with Gasteiger partial charge in [-0.1, -0.05) is 6.92 Å².